The van der Waals surface area contributed by atoms with Gasteiger partial charge in [0, 0.05) is 54.8 Å². The first-order valence-electron chi connectivity index (χ1n) is 25.1. The zero-order valence-corrected chi connectivity index (χ0v) is 39.0. The molecule has 15 nitrogen and oxygen atoms in total. The molecule has 15 rings (SSSR count). The molecule has 0 aromatic rings. The van der Waals surface area contributed by atoms with Gasteiger partial charge in [0.15, 0.2) is 54.5 Å². The van der Waals surface area contributed by atoms with Crippen molar-refractivity contribution in [2.24, 2.45) is 71.0 Å². The molecule has 0 amide bonds. The van der Waals surface area contributed by atoms with Crippen LogP contribution in [0.1, 0.15) is 139 Å². The zero-order valence-electron chi connectivity index (χ0n) is 39.0. The van der Waals surface area contributed by atoms with Crippen LogP contribution in [-0.2, 0) is 72.0 Å². The van der Waals surface area contributed by atoms with Crippen molar-refractivity contribution in [3.63, 3.8) is 0 Å². The van der Waals surface area contributed by atoms with E-state index in [0.29, 0.717) is 17.8 Å². The smallest absolute Gasteiger partial charge is 0.201 e. The van der Waals surface area contributed by atoms with Crippen molar-refractivity contribution in [3.05, 3.63) is 0 Å². The second-order valence-corrected chi connectivity index (χ2v) is 23.2. The van der Waals surface area contributed by atoms with E-state index in [1.807, 2.05) is 20.8 Å². The van der Waals surface area contributed by atoms with Gasteiger partial charge in [0.2, 0.25) is 17.4 Å². The van der Waals surface area contributed by atoms with E-state index in [0.717, 1.165) is 77.0 Å². The number of ether oxygens (including phenoxy) is 9. The first-order chi connectivity index (χ1) is 30.1. The van der Waals surface area contributed by atoms with Gasteiger partial charge in [0.1, 0.15) is 6.10 Å². The Labute approximate surface area is 372 Å². The average molecular weight is 891 g/mol. The van der Waals surface area contributed by atoms with Crippen LogP contribution in [0.3, 0.4) is 0 Å². The highest BCUT2D eigenvalue weighted by Crippen LogP contribution is 2.64. The SMILES string of the molecule is C[C@@H]1CC[C@H]2[C@@H](C)C(OCC(COC3O[C@@H]4OC5(C)CC[C@H]6[C@H](C)CC[C@@H]([C@H]3C)[C@@]46OO5)OC3O[C@@H]4OC5(C)CC[C@H]6[C@H](C)CC[C@@H]([C@H]3C)[C@@]46OO5)O[C@@H]3OC4(C)CC[C@@H]1[C@]32OO4. The second-order valence-electron chi connectivity index (χ2n) is 23.2. The summed E-state index contributed by atoms with van der Waals surface area (Å²) < 4.78 is 61.9. The normalized spacial score (nSPS) is 60.5. The van der Waals surface area contributed by atoms with Crippen LogP contribution in [0.25, 0.3) is 0 Å². The Morgan fingerprint density at radius 1 is 0.413 bits per heavy atom. The Hall–Kier alpha value is -0.600. The van der Waals surface area contributed by atoms with E-state index in [1.54, 1.807) is 0 Å². The van der Waals surface area contributed by atoms with Gasteiger partial charge < -0.3 is 42.6 Å². The van der Waals surface area contributed by atoms with Crippen LogP contribution in [0.15, 0.2) is 0 Å². The lowest BCUT2D eigenvalue weighted by Gasteiger charge is -2.60. The lowest BCUT2D eigenvalue weighted by molar-refractivity contribution is -0.580. The van der Waals surface area contributed by atoms with Crippen molar-refractivity contribution in [3.8, 4) is 0 Å². The van der Waals surface area contributed by atoms with Gasteiger partial charge in [-0.3, -0.25) is 0 Å². The first-order valence-corrected chi connectivity index (χ1v) is 25.1. The molecule has 3 spiro atoms. The quantitative estimate of drug-likeness (QED) is 0.217. The molecule has 12 aliphatic heterocycles. The molecule has 24 atom stereocenters. The van der Waals surface area contributed by atoms with Gasteiger partial charge in [0.25, 0.3) is 0 Å². The minimum atomic E-state index is -0.894. The molecule has 6 unspecified atom stereocenters. The molecule has 63 heavy (non-hydrogen) atoms. The third kappa shape index (κ3) is 6.37. The predicted octanol–water partition coefficient (Wildman–Crippen LogP) is 8.03. The molecule has 15 fully saturated rings. The Balaban J connectivity index is 0.818. The van der Waals surface area contributed by atoms with Gasteiger partial charge in [-0.2, -0.15) is 0 Å². The second kappa shape index (κ2) is 15.2. The topological polar surface area (TPSA) is 138 Å². The summed E-state index contributed by atoms with van der Waals surface area (Å²) in [6.07, 6.45) is 7.16. The van der Waals surface area contributed by atoms with Crippen LogP contribution >= 0.6 is 0 Å². The molecule has 3 saturated carbocycles. The fraction of sp³-hybridized carbons (Fsp3) is 1.00. The molecule has 0 radical (unpaired) electrons. The van der Waals surface area contributed by atoms with Crippen molar-refractivity contribution >= 4 is 0 Å². The fourth-order valence-corrected chi connectivity index (χ4v) is 15.9. The Kier molecular flexibility index (Phi) is 10.5. The Bertz CT molecular complexity index is 1660. The summed E-state index contributed by atoms with van der Waals surface area (Å²) >= 11 is 0. The summed E-state index contributed by atoms with van der Waals surface area (Å²) in [4.78, 5) is 37.7. The summed E-state index contributed by atoms with van der Waals surface area (Å²) in [5.74, 6) is -0.179. The lowest BCUT2D eigenvalue weighted by Crippen LogP contribution is -2.71. The number of hydrogen-bond acceptors (Lipinski definition) is 15. The summed E-state index contributed by atoms with van der Waals surface area (Å²) in [5.41, 5.74) is -2.07. The van der Waals surface area contributed by atoms with Crippen molar-refractivity contribution in [2.75, 3.05) is 13.2 Å². The number of hydrogen-bond donors (Lipinski definition) is 0. The number of rotatable bonds is 8. The van der Waals surface area contributed by atoms with Gasteiger partial charge in [0.05, 0.1) is 13.2 Å². The van der Waals surface area contributed by atoms with Crippen molar-refractivity contribution in [1.82, 2.24) is 0 Å². The van der Waals surface area contributed by atoms with E-state index < -0.39 is 78.0 Å². The monoisotopic (exact) mass is 891 g/mol. The van der Waals surface area contributed by atoms with Crippen LogP contribution in [0.2, 0.25) is 0 Å². The van der Waals surface area contributed by atoms with Crippen LogP contribution in [0.4, 0.5) is 0 Å². The minimum absolute atomic E-state index is 0.00269. The maximum Gasteiger partial charge on any atom is 0.201 e. The fourth-order valence-electron chi connectivity index (χ4n) is 15.9. The molecule has 356 valence electrons. The highest BCUT2D eigenvalue weighted by molar-refractivity contribution is 5.12. The van der Waals surface area contributed by atoms with E-state index in [4.69, 9.17) is 72.0 Å². The molecule has 3 aliphatic carbocycles. The van der Waals surface area contributed by atoms with E-state index >= 15 is 0 Å². The average Bonchev–Trinajstić information content (AvgIpc) is 3.74. The summed E-state index contributed by atoms with van der Waals surface area (Å²) in [6, 6.07) is 0. The highest BCUT2D eigenvalue weighted by Gasteiger charge is 2.73. The first kappa shape index (κ1) is 43.7. The standard InChI is InChI=1S/C48H74O15/c1-24-10-13-34-27(4)37(52-40-46(34)31(24)16-19-43(7,55-40)58-61-46)49-22-30(51-39-29(6)36-15-12-26(3)33-18-21-45(9)57-42(54-39)48(33,36)63-60-45)23-50-38-28(5)35-14-11-25(2)32-17-20-44(8)56-41(53-38)47(32,35)62-59-44/h24-42H,10-23H2,1-9H3/t24-,25-,26-,27-,28-,29-,30?,31+,32+,33+,34+,35+,36+,37?,38?,39?,40-,41-,42-,43?,44?,45?,46-,47-,48-/m1/s1. The molecular formula is C48H74O15. The third-order valence-corrected chi connectivity index (χ3v) is 19.5. The summed E-state index contributed by atoms with van der Waals surface area (Å²) in [5, 5.41) is 0. The Morgan fingerprint density at radius 3 is 1.11 bits per heavy atom. The van der Waals surface area contributed by atoms with E-state index in [1.165, 1.54) is 0 Å². The van der Waals surface area contributed by atoms with E-state index in [9.17, 15) is 0 Å². The predicted molar refractivity (Wildman–Crippen MR) is 217 cm³/mol. The van der Waals surface area contributed by atoms with Crippen LogP contribution in [0, 0.1) is 71.0 Å². The molecule has 0 aromatic heterocycles. The van der Waals surface area contributed by atoms with E-state index in [-0.39, 0.29) is 66.5 Å². The molecule has 0 N–H and O–H groups in total. The third-order valence-electron chi connectivity index (χ3n) is 19.5. The molecule has 6 bridgehead atoms. The largest absolute Gasteiger partial charge is 0.349 e. The van der Waals surface area contributed by atoms with Gasteiger partial charge in [-0.1, -0.05) is 41.5 Å². The van der Waals surface area contributed by atoms with Crippen molar-refractivity contribution in [1.29, 1.82) is 0 Å². The molecule has 0 aromatic carbocycles. The Morgan fingerprint density at radius 2 is 0.746 bits per heavy atom. The van der Waals surface area contributed by atoms with Gasteiger partial charge in [-0.25, -0.2) is 29.3 Å². The van der Waals surface area contributed by atoms with Crippen LogP contribution < -0.4 is 0 Å². The maximum absolute atomic E-state index is 7.16. The van der Waals surface area contributed by atoms with E-state index in [2.05, 4.69) is 41.5 Å². The zero-order chi connectivity index (χ0) is 43.5. The maximum atomic E-state index is 7.16. The molecule has 12 saturated heterocycles. The number of fused-ring (bicyclic) bond motifs is 6. The van der Waals surface area contributed by atoms with Crippen molar-refractivity contribution < 1.29 is 72.0 Å². The van der Waals surface area contributed by atoms with Gasteiger partial charge in [-0.15, -0.1) is 0 Å². The van der Waals surface area contributed by atoms with Crippen LogP contribution in [-0.4, -0.2) is 91.2 Å². The molecule has 15 heteroatoms. The highest BCUT2D eigenvalue weighted by atomic mass is 17.3. The lowest BCUT2D eigenvalue weighted by atomic mass is 9.58. The van der Waals surface area contributed by atoms with Gasteiger partial charge in [-0.05, 0) is 114 Å². The molecule has 12 heterocycles. The summed E-state index contributed by atoms with van der Waals surface area (Å²) in [6.45, 7) is 19.9. The van der Waals surface area contributed by atoms with Crippen molar-refractivity contribution in [2.45, 2.75) is 217 Å². The summed E-state index contributed by atoms with van der Waals surface area (Å²) in [7, 11) is 0. The minimum Gasteiger partial charge on any atom is -0.349 e. The molecular weight excluding hydrogens is 817 g/mol. The van der Waals surface area contributed by atoms with Crippen LogP contribution in [0.5, 0.6) is 0 Å². The molecule has 15 aliphatic rings. The van der Waals surface area contributed by atoms with Gasteiger partial charge >= 0.3 is 0 Å².